The van der Waals surface area contributed by atoms with E-state index in [2.05, 4.69) is 36.1 Å². The van der Waals surface area contributed by atoms with Gasteiger partial charge in [-0.2, -0.15) is 10.1 Å². The first-order chi connectivity index (χ1) is 11.6. The van der Waals surface area contributed by atoms with Crippen LogP contribution in [0.15, 0.2) is 30.6 Å². The fourth-order valence-electron chi connectivity index (χ4n) is 2.11. The van der Waals surface area contributed by atoms with Gasteiger partial charge in [0.2, 0.25) is 11.9 Å². The number of rotatable bonds is 6. The van der Waals surface area contributed by atoms with E-state index in [1.54, 1.807) is 6.20 Å². The molecule has 2 aromatic heterocycles. The lowest BCUT2D eigenvalue weighted by Crippen LogP contribution is -2.26. The van der Waals surface area contributed by atoms with Crippen molar-refractivity contribution in [3.8, 4) is 0 Å². The molecule has 1 amide bonds. The van der Waals surface area contributed by atoms with Gasteiger partial charge >= 0.3 is 0 Å². The van der Waals surface area contributed by atoms with Crippen molar-refractivity contribution >= 4 is 45.9 Å². The van der Waals surface area contributed by atoms with Gasteiger partial charge in [0.15, 0.2) is 5.82 Å². The molecular formula is C15H16ClN7O. The van der Waals surface area contributed by atoms with Crippen molar-refractivity contribution in [3.05, 3.63) is 35.6 Å². The Hall–Kier alpha value is -2.87. The van der Waals surface area contributed by atoms with Gasteiger partial charge in [-0.1, -0.05) is 11.6 Å². The van der Waals surface area contributed by atoms with Crippen molar-refractivity contribution < 1.29 is 4.79 Å². The third-order valence-corrected chi connectivity index (χ3v) is 3.51. The minimum atomic E-state index is -0.0814. The molecule has 0 unspecified atom stereocenters. The van der Waals surface area contributed by atoms with E-state index in [1.807, 2.05) is 18.2 Å². The summed E-state index contributed by atoms with van der Waals surface area (Å²) in [5.74, 6) is 0.838. The summed E-state index contributed by atoms with van der Waals surface area (Å²) in [5.41, 5.74) is 1.75. The Labute approximate surface area is 143 Å². The van der Waals surface area contributed by atoms with Crippen LogP contribution in [0.2, 0.25) is 5.02 Å². The van der Waals surface area contributed by atoms with Crippen molar-refractivity contribution in [1.82, 2.24) is 25.5 Å². The van der Waals surface area contributed by atoms with E-state index >= 15 is 0 Å². The van der Waals surface area contributed by atoms with Crippen LogP contribution in [-0.4, -0.2) is 39.2 Å². The fourth-order valence-corrected chi connectivity index (χ4v) is 2.27. The van der Waals surface area contributed by atoms with Gasteiger partial charge in [-0.3, -0.25) is 9.89 Å². The molecule has 3 aromatic rings. The van der Waals surface area contributed by atoms with Crippen molar-refractivity contribution in [2.24, 2.45) is 0 Å². The largest absolute Gasteiger partial charge is 0.367 e. The van der Waals surface area contributed by atoms with Gasteiger partial charge in [0.25, 0.3) is 0 Å². The number of fused-ring (bicyclic) bond motifs is 1. The van der Waals surface area contributed by atoms with E-state index < -0.39 is 0 Å². The normalized spacial score (nSPS) is 10.6. The molecule has 1 aromatic carbocycles. The highest BCUT2D eigenvalue weighted by Crippen LogP contribution is 2.22. The number of aromatic nitrogens is 4. The van der Waals surface area contributed by atoms with Crippen LogP contribution in [0, 0.1) is 0 Å². The van der Waals surface area contributed by atoms with Crippen LogP contribution >= 0.6 is 11.6 Å². The zero-order valence-electron chi connectivity index (χ0n) is 12.9. The van der Waals surface area contributed by atoms with Gasteiger partial charge < -0.3 is 16.0 Å². The van der Waals surface area contributed by atoms with Gasteiger partial charge in [0.05, 0.1) is 17.9 Å². The molecule has 0 bridgehead atoms. The summed E-state index contributed by atoms with van der Waals surface area (Å²) in [6.45, 7) is 2.46. The Kier molecular flexibility index (Phi) is 4.76. The second-order valence-corrected chi connectivity index (χ2v) is 5.50. The molecule has 0 atom stereocenters. The summed E-state index contributed by atoms with van der Waals surface area (Å²) in [6, 6.07) is 5.79. The lowest BCUT2D eigenvalue weighted by Gasteiger charge is -2.10. The molecule has 4 N–H and O–H groups in total. The number of halogens is 1. The average molecular weight is 346 g/mol. The SMILES string of the molecule is CC(=O)NCCNc1nc(Nc2ccc3cn[nH]c3c2)ncc1Cl. The van der Waals surface area contributed by atoms with Gasteiger partial charge in [0.1, 0.15) is 5.02 Å². The molecule has 0 saturated carbocycles. The second kappa shape index (κ2) is 7.14. The molecule has 0 fully saturated rings. The number of hydrogen-bond donors (Lipinski definition) is 4. The first-order valence-corrected chi connectivity index (χ1v) is 7.70. The summed E-state index contributed by atoms with van der Waals surface area (Å²) < 4.78 is 0. The molecule has 24 heavy (non-hydrogen) atoms. The van der Waals surface area contributed by atoms with Gasteiger partial charge in [0, 0.05) is 31.1 Å². The van der Waals surface area contributed by atoms with E-state index in [9.17, 15) is 4.79 Å². The third kappa shape index (κ3) is 3.90. The number of benzene rings is 1. The number of carbonyl (C=O) groups excluding carboxylic acids is 1. The van der Waals surface area contributed by atoms with E-state index in [0.717, 1.165) is 16.6 Å². The van der Waals surface area contributed by atoms with Gasteiger partial charge in [-0.25, -0.2) is 4.98 Å². The van der Waals surface area contributed by atoms with Crippen LogP contribution in [-0.2, 0) is 4.79 Å². The van der Waals surface area contributed by atoms with Crippen LogP contribution in [0.5, 0.6) is 0 Å². The van der Waals surface area contributed by atoms with Crippen LogP contribution in [0.4, 0.5) is 17.5 Å². The van der Waals surface area contributed by atoms with Gasteiger partial charge in [-0.15, -0.1) is 0 Å². The fraction of sp³-hybridized carbons (Fsp3) is 0.200. The Morgan fingerprint density at radius 3 is 3.00 bits per heavy atom. The molecule has 9 heteroatoms. The highest BCUT2D eigenvalue weighted by molar-refractivity contribution is 6.32. The monoisotopic (exact) mass is 345 g/mol. The highest BCUT2D eigenvalue weighted by Gasteiger charge is 2.06. The standard InChI is InChI=1S/C15H16ClN7O/c1-9(24)17-4-5-18-14-12(16)8-19-15(22-14)21-11-3-2-10-7-20-23-13(10)6-11/h2-3,6-8H,4-5H2,1H3,(H,17,24)(H,20,23)(H2,18,19,21,22). The second-order valence-electron chi connectivity index (χ2n) is 5.10. The molecule has 0 aliphatic heterocycles. The first kappa shape index (κ1) is 16.0. The number of aromatic amines is 1. The number of carbonyl (C=O) groups is 1. The molecular weight excluding hydrogens is 330 g/mol. The Balaban J connectivity index is 1.69. The predicted octanol–water partition coefficient (Wildman–Crippen LogP) is 2.30. The Bertz CT molecular complexity index is 864. The molecule has 124 valence electrons. The van der Waals surface area contributed by atoms with Gasteiger partial charge in [-0.05, 0) is 18.2 Å². The molecule has 0 aliphatic carbocycles. The Morgan fingerprint density at radius 2 is 2.17 bits per heavy atom. The van der Waals surface area contributed by atoms with E-state index in [0.29, 0.717) is 29.9 Å². The summed E-state index contributed by atoms with van der Waals surface area (Å²) in [6.07, 6.45) is 3.28. The average Bonchev–Trinajstić information content (AvgIpc) is 3.02. The van der Waals surface area contributed by atoms with Crippen molar-refractivity contribution in [2.75, 3.05) is 23.7 Å². The maximum atomic E-state index is 10.8. The first-order valence-electron chi connectivity index (χ1n) is 7.33. The van der Waals surface area contributed by atoms with Crippen LogP contribution < -0.4 is 16.0 Å². The molecule has 3 rings (SSSR count). The quantitative estimate of drug-likeness (QED) is 0.511. The van der Waals surface area contributed by atoms with Crippen molar-refractivity contribution in [3.63, 3.8) is 0 Å². The molecule has 0 aliphatic rings. The topological polar surface area (TPSA) is 108 Å². The maximum Gasteiger partial charge on any atom is 0.229 e. The van der Waals surface area contributed by atoms with Crippen LogP contribution in [0.3, 0.4) is 0 Å². The number of nitrogens with one attached hydrogen (secondary N) is 4. The van der Waals surface area contributed by atoms with E-state index in [4.69, 9.17) is 11.6 Å². The minimum absolute atomic E-state index is 0.0814. The molecule has 0 spiro atoms. The van der Waals surface area contributed by atoms with E-state index in [-0.39, 0.29) is 5.91 Å². The molecule has 0 saturated heterocycles. The van der Waals surface area contributed by atoms with E-state index in [1.165, 1.54) is 13.1 Å². The number of H-pyrrole nitrogens is 1. The lowest BCUT2D eigenvalue weighted by atomic mass is 10.2. The summed E-state index contributed by atoms with van der Waals surface area (Å²) >= 11 is 6.09. The Morgan fingerprint density at radius 1 is 1.29 bits per heavy atom. The molecule has 8 nitrogen and oxygen atoms in total. The number of hydrogen-bond acceptors (Lipinski definition) is 6. The van der Waals surface area contributed by atoms with Crippen LogP contribution in [0.25, 0.3) is 10.9 Å². The summed E-state index contributed by atoms with van der Waals surface area (Å²) in [7, 11) is 0. The van der Waals surface area contributed by atoms with Crippen LogP contribution in [0.1, 0.15) is 6.92 Å². The van der Waals surface area contributed by atoms with Crippen molar-refractivity contribution in [2.45, 2.75) is 6.92 Å². The zero-order valence-corrected chi connectivity index (χ0v) is 13.7. The smallest absolute Gasteiger partial charge is 0.229 e. The number of amides is 1. The minimum Gasteiger partial charge on any atom is -0.367 e. The maximum absolute atomic E-state index is 10.8. The predicted molar refractivity (Wildman–Crippen MR) is 93.6 cm³/mol. The lowest BCUT2D eigenvalue weighted by molar-refractivity contribution is -0.118. The third-order valence-electron chi connectivity index (χ3n) is 3.23. The number of anilines is 3. The zero-order chi connectivity index (χ0) is 16.9. The molecule has 2 heterocycles. The summed E-state index contributed by atoms with van der Waals surface area (Å²) in [5, 5.41) is 17.2. The summed E-state index contributed by atoms with van der Waals surface area (Å²) in [4.78, 5) is 19.4. The highest BCUT2D eigenvalue weighted by atomic mass is 35.5. The molecule has 0 radical (unpaired) electrons. The number of nitrogens with zero attached hydrogens (tertiary/aromatic N) is 3. The van der Waals surface area contributed by atoms with Crippen molar-refractivity contribution in [1.29, 1.82) is 0 Å².